The predicted octanol–water partition coefficient (Wildman–Crippen LogP) is 5.69. The fourth-order valence-corrected chi connectivity index (χ4v) is 3.21. The van der Waals surface area contributed by atoms with Gasteiger partial charge in [-0.05, 0) is 30.7 Å². The second kappa shape index (κ2) is 7.75. The van der Waals surface area contributed by atoms with Crippen LogP contribution in [0.2, 0.25) is 0 Å². The molecule has 24 heavy (non-hydrogen) atoms. The van der Waals surface area contributed by atoms with Crippen LogP contribution in [0.5, 0.6) is 0 Å². The largest absolute Gasteiger partial charge is 0.359 e. The maximum Gasteiger partial charge on any atom is 0.162 e. The summed E-state index contributed by atoms with van der Waals surface area (Å²) in [6.07, 6.45) is 3.64. The number of benzene rings is 2. The lowest BCUT2D eigenvalue weighted by Gasteiger charge is -2.20. The minimum Gasteiger partial charge on any atom is -0.359 e. The zero-order chi connectivity index (χ0) is 16.9. The average Bonchev–Trinajstić information content (AvgIpc) is 2.61. The van der Waals surface area contributed by atoms with Crippen LogP contribution >= 0.6 is 15.9 Å². The standard InChI is InChI=1S/C20H22BrN3/c1-3-4-7-13-24(2)20-17-11-5-6-12-18(17)22-19(23-20)15-9-8-10-16(21)14-15/h5-6,8-12,14H,3-4,7,13H2,1-2H3. The number of nitrogens with zero attached hydrogens (tertiary/aromatic N) is 3. The molecule has 124 valence electrons. The number of unbranched alkanes of at least 4 members (excludes halogenated alkanes) is 2. The van der Waals surface area contributed by atoms with Crippen molar-refractivity contribution in [2.75, 3.05) is 18.5 Å². The normalized spacial score (nSPS) is 11.0. The summed E-state index contributed by atoms with van der Waals surface area (Å²) in [6.45, 7) is 3.23. The number of aromatic nitrogens is 2. The molecule has 1 heterocycles. The molecule has 0 spiro atoms. The van der Waals surface area contributed by atoms with Crippen molar-refractivity contribution in [1.82, 2.24) is 9.97 Å². The van der Waals surface area contributed by atoms with E-state index in [1.165, 1.54) is 19.3 Å². The number of fused-ring (bicyclic) bond motifs is 1. The van der Waals surface area contributed by atoms with Crippen LogP contribution in [0.15, 0.2) is 53.0 Å². The summed E-state index contributed by atoms with van der Waals surface area (Å²) in [5.41, 5.74) is 2.01. The first-order valence-electron chi connectivity index (χ1n) is 8.43. The second-order valence-corrected chi connectivity index (χ2v) is 6.94. The van der Waals surface area contributed by atoms with Gasteiger partial charge in [-0.25, -0.2) is 9.97 Å². The zero-order valence-corrected chi connectivity index (χ0v) is 15.8. The maximum absolute atomic E-state index is 4.88. The molecule has 0 aliphatic carbocycles. The van der Waals surface area contributed by atoms with Crippen LogP contribution in [-0.4, -0.2) is 23.6 Å². The highest BCUT2D eigenvalue weighted by Gasteiger charge is 2.12. The average molecular weight is 384 g/mol. The number of hydrogen-bond donors (Lipinski definition) is 0. The van der Waals surface area contributed by atoms with Gasteiger partial charge in [0.05, 0.1) is 5.52 Å². The van der Waals surface area contributed by atoms with Gasteiger partial charge in [0.2, 0.25) is 0 Å². The van der Waals surface area contributed by atoms with Crippen LogP contribution in [0.25, 0.3) is 22.3 Å². The number of para-hydroxylation sites is 1. The third kappa shape index (κ3) is 3.75. The number of anilines is 1. The molecule has 4 heteroatoms. The van der Waals surface area contributed by atoms with Crippen molar-refractivity contribution in [3.8, 4) is 11.4 Å². The third-order valence-corrected chi connectivity index (χ3v) is 4.62. The van der Waals surface area contributed by atoms with Crippen molar-refractivity contribution in [2.24, 2.45) is 0 Å². The fraction of sp³-hybridized carbons (Fsp3) is 0.300. The van der Waals surface area contributed by atoms with Crippen LogP contribution in [0.1, 0.15) is 26.2 Å². The first kappa shape index (κ1) is 16.9. The Bertz CT molecular complexity index is 832. The van der Waals surface area contributed by atoms with E-state index < -0.39 is 0 Å². The lowest BCUT2D eigenvalue weighted by atomic mass is 10.1. The highest BCUT2D eigenvalue weighted by molar-refractivity contribution is 9.10. The molecular formula is C20H22BrN3. The first-order chi connectivity index (χ1) is 11.7. The molecule has 3 aromatic rings. The Morgan fingerprint density at radius 3 is 2.62 bits per heavy atom. The van der Waals surface area contributed by atoms with Gasteiger partial charge in [-0.3, -0.25) is 0 Å². The molecule has 0 fully saturated rings. The second-order valence-electron chi connectivity index (χ2n) is 6.03. The van der Waals surface area contributed by atoms with E-state index in [9.17, 15) is 0 Å². The number of hydrogen-bond acceptors (Lipinski definition) is 3. The molecule has 0 N–H and O–H groups in total. The topological polar surface area (TPSA) is 29.0 Å². The Morgan fingerprint density at radius 2 is 1.83 bits per heavy atom. The van der Waals surface area contributed by atoms with Crippen LogP contribution in [0.4, 0.5) is 5.82 Å². The van der Waals surface area contributed by atoms with Gasteiger partial charge < -0.3 is 4.90 Å². The Labute approximate surface area is 151 Å². The highest BCUT2D eigenvalue weighted by Crippen LogP contribution is 2.28. The first-order valence-corrected chi connectivity index (χ1v) is 9.22. The molecule has 2 aromatic carbocycles. The van der Waals surface area contributed by atoms with Gasteiger partial charge in [0.15, 0.2) is 5.82 Å². The molecule has 0 atom stereocenters. The van der Waals surface area contributed by atoms with E-state index >= 15 is 0 Å². The van der Waals surface area contributed by atoms with E-state index in [-0.39, 0.29) is 0 Å². The van der Waals surface area contributed by atoms with E-state index in [0.29, 0.717) is 0 Å². The van der Waals surface area contributed by atoms with Gasteiger partial charge in [0, 0.05) is 29.0 Å². The van der Waals surface area contributed by atoms with E-state index in [1.807, 2.05) is 24.3 Å². The predicted molar refractivity (Wildman–Crippen MR) is 105 cm³/mol. The van der Waals surface area contributed by atoms with Gasteiger partial charge in [0.25, 0.3) is 0 Å². The van der Waals surface area contributed by atoms with Crippen molar-refractivity contribution < 1.29 is 0 Å². The Balaban J connectivity index is 2.06. The molecule has 1 aromatic heterocycles. The molecule has 0 bridgehead atoms. The molecule has 0 radical (unpaired) electrons. The summed E-state index contributed by atoms with van der Waals surface area (Å²) in [7, 11) is 2.12. The van der Waals surface area contributed by atoms with E-state index in [1.54, 1.807) is 0 Å². The van der Waals surface area contributed by atoms with E-state index in [0.717, 1.165) is 39.1 Å². The molecule has 3 nitrogen and oxygen atoms in total. The van der Waals surface area contributed by atoms with Crippen LogP contribution in [0.3, 0.4) is 0 Å². The number of rotatable bonds is 6. The van der Waals surface area contributed by atoms with Crippen molar-refractivity contribution in [3.05, 3.63) is 53.0 Å². The zero-order valence-electron chi connectivity index (χ0n) is 14.2. The summed E-state index contributed by atoms with van der Waals surface area (Å²) in [5, 5.41) is 1.11. The lowest BCUT2D eigenvalue weighted by Crippen LogP contribution is -2.20. The summed E-state index contributed by atoms with van der Waals surface area (Å²) in [4.78, 5) is 11.9. The maximum atomic E-state index is 4.88. The Kier molecular flexibility index (Phi) is 5.46. The van der Waals surface area contributed by atoms with Crippen LogP contribution < -0.4 is 4.90 Å². The van der Waals surface area contributed by atoms with Crippen molar-refractivity contribution in [1.29, 1.82) is 0 Å². The van der Waals surface area contributed by atoms with Crippen LogP contribution in [-0.2, 0) is 0 Å². The van der Waals surface area contributed by atoms with E-state index in [4.69, 9.17) is 9.97 Å². The highest BCUT2D eigenvalue weighted by atomic mass is 79.9. The SMILES string of the molecule is CCCCCN(C)c1nc(-c2cccc(Br)c2)nc2ccccc12. The fourth-order valence-electron chi connectivity index (χ4n) is 2.81. The Hall–Kier alpha value is -1.94. The molecule has 0 amide bonds. The summed E-state index contributed by atoms with van der Waals surface area (Å²) in [5.74, 6) is 1.78. The van der Waals surface area contributed by atoms with Gasteiger partial charge in [-0.15, -0.1) is 0 Å². The number of halogens is 1. The minimum atomic E-state index is 0.771. The van der Waals surface area contributed by atoms with Gasteiger partial charge in [-0.1, -0.05) is 60.0 Å². The summed E-state index contributed by atoms with van der Waals surface area (Å²) in [6, 6.07) is 16.4. The summed E-state index contributed by atoms with van der Waals surface area (Å²) >= 11 is 3.53. The van der Waals surface area contributed by atoms with Crippen molar-refractivity contribution in [3.63, 3.8) is 0 Å². The summed E-state index contributed by atoms with van der Waals surface area (Å²) < 4.78 is 1.04. The quantitative estimate of drug-likeness (QED) is 0.512. The van der Waals surface area contributed by atoms with Crippen LogP contribution in [0, 0.1) is 0 Å². The van der Waals surface area contributed by atoms with Gasteiger partial charge >= 0.3 is 0 Å². The van der Waals surface area contributed by atoms with E-state index in [2.05, 4.69) is 59.1 Å². The third-order valence-electron chi connectivity index (χ3n) is 4.12. The lowest BCUT2D eigenvalue weighted by molar-refractivity contribution is 0.702. The Morgan fingerprint density at radius 1 is 1.00 bits per heavy atom. The van der Waals surface area contributed by atoms with Gasteiger partial charge in [0.1, 0.15) is 5.82 Å². The molecule has 0 aliphatic rings. The molecule has 0 saturated carbocycles. The molecular weight excluding hydrogens is 362 g/mol. The van der Waals surface area contributed by atoms with Crippen molar-refractivity contribution in [2.45, 2.75) is 26.2 Å². The molecule has 3 rings (SSSR count). The van der Waals surface area contributed by atoms with Gasteiger partial charge in [-0.2, -0.15) is 0 Å². The molecule has 0 aliphatic heterocycles. The minimum absolute atomic E-state index is 0.771. The van der Waals surface area contributed by atoms with Crippen molar-refractivity contribution >= 4 is 32.7 Å². The molecule has 0 unspecified atom stereocenters. The monoisotopic (exact) mass is 383 g/mol. The molecule has 0 saturated heterocycles. The smallest absolute Gasteiger partial charge is 0.162 e.